The fraction of sp³-hybridized carbons (Fsp3) is 0.214. The topological polar surface area (TPSA) is 9.23 Å². The molecule has 0 aliphatic carbocycles. The second-order valence-electron chi connectivity index (χ2n) is 7.73. The number of halogens is 6. The molecule has 3 aromatic rings. The molecule has 0 fully saturated rings. The zero-order valence-electron chi connectivity index (χ0n) is 19.2. The van der Waals surface area contributed by atoms with Gasteiger partial charge in [-0.3, -0.25) is 0 Å². The zero-order chi connectivity index (χ0) is 25.7. The molecule has 0 aromatic heterocycles. The lowest BCUT2D eigenvalue weighted by Gasteiger charge is -2.07. The summed E-state index contributed by atoms with van der Waals surface area (Å²) in [7, 11) is 0.880. The Bertz CT molecular complexity index is 1350. The van der Waals surface area contributed by atoms with Crippen molar-refractivity contribution in [2.24, 2.45) is 0 Å². The summed E-state index contributed by atoms with van der Waals surface area (Å²) in [5, 5.41) is 0. The normalized spacial score (nSPS) is 10.3. The first-order chi connectivity index (χ1) is 16.7. The van der Waals surface area contributed by atoms with Crippen molar-refractivity contribution in [1.82, 2.24) is 0 Å². The van der Waals surface area contributed by atoms with Crippen LogP contribution in [0, 0.1) is 65.5 Å². The fourth-order valence-corrected chi connectivity index (χ4v) is 3.32. The monoisotopic (exact) mass is 486 g/mol. The Morgan fingerprint density at radius 1 is 0.743 bits per heavy atom. The molecule has 3 rings (SSSR count). The van der Waals surface area contributed by atoms with Crippen molar-refractivity contribution >= 4 is 0 Å². The van der Waals surface area contributed by atoms with Gasteiger partial charge in [-0.2, -0.15) is 8.78 Å². The average molecular weight is 486 g/mol. The van der Waals surface area contributed by atoms with Gasteiger partial charge in [-0.25, -0.2) is 17.6 Å². The highest BCUT2D eigenvalue weighted by Gasteiger charge is 2.25. The summed E-state index contributed by atoms with van der Waals surface area (Å²) in [6.07, 6.45) is 2.30. The Kier molecular flexibility index (Phi) is 8.14. The van der Waals surface area contributed by atoms with Crippen LogP contribution >= 0.6 is 0 Å². The molecule has 0 atom stereocenters. The van der Waals surface area contributed by atoms with E-state index in [9.17, 15) is 26.3 Å². The smallest absolute Gasteiger partial charge is 0.205 e. The van der Waals surface area contributed by atoms with Gasteiger partial charge in [-0.05, 0) is 61.2 Å². The van der Waals surface area contributed by atoms with Crippen LogP contribution in [0.1, 0.15) is 53.1 Å². The van der Waals surface area contributed by atoms with Crippen molar-refractivity contribution in [3.05, 3.63) is 98.6 Å². The van der Waals surface area contributed by atoms with Crippen LogP contribution in [0.4, 0.5) is 26.3 Å². The summed E-state index contributed by atoms with van der Waals surface area (Å²) >= 11 is 0. The second kappa shape index (κ2) is 11.1. The summed E-state index contributed by atoms with van der Waals surface area (Å²) < 4.78 is 89.0. The van der Waals surface area contributed by atoms with Crippen LogP contribution in [-0.4, -0.2) is 7.11 Å². The van der Waals surface area contributed by atoms with Gasteiger partial charge < -0.3 is 4.74 Å². The van der Waals surface area contributed by atoms with E-state index in [0.29, 0.717) is 28.7 Å². The van der Waals surface area contributed by atoms with Crippen LogP contribution in [0.3, 0.4) is 0 Å². The van der Waals surface area contributed by atoms with Crippen molar-refractivity contribution in [3.63, 3.8) is 0 Å². The highest BCUT2D eigenvalue weighted by Crippen LogP contribution is 2.29. The molecule has 0 aliphatic rings. The highest BCUT2D eigenvalue weighted by molar-refractivity contribution is 5.53. The van der Waals surface area contributed by atoms with Crippen molar-refractivity contribution < 1.29 is 31.1 Å². The Morgan fingerprint density at radius 3 is 1.89 bits per heavy atom. The summed E-state index contributed by atoms with van der Waals surface area (Å²) in [6, 6.07) is 7.08. The fourth-order valence-electron chi connectivity index (χ4n) is 3.32. The molecule has 0 amide bonds. The molecule has 0 saturated carbocycles. The molecule has 0 bridgehead atoms. The van der Waals surface area contributed by atoms with Gasteiger partial charge in [0.15, 0.2) is 17.4 Å². The lowest BCUT2D eigenvalue weighted by atomic mass is 10.0. The number of ether oxygens (including phenoxy) is 1. The van der Waals surface area contributed by atoms with Crippen LogP contribution < -0.4 is 4.74 Å². The molecule has 0 radical (unpaired) electrons. The molecule has 1 nitrogen and oxygen atoms in total. The van der Waals surface area contributed by atoms with E-state index in [1.807, 2.05) is 6.92 Å². The third kappa shape index (κ3) is 5.63. The third-order valence-corrected chi connectivity index (χ3v) is 5.23. The molecule has 0 aliphatic heterocycles. The average Bonchev–Trinajstić information content (AvgIpc) is 2.82. The number of unbranched alkanes of at least 4 members (excludes halogenated alkanes) is 1. The SMILES string of the molecule is CCCCc1cc(F)c(C#Cc2ccc(C#Cc3c(F)c(F)c(OC)c(F)c3F)c(C)c2)c(F)c1. The Balaban J connectivity index is 1.90. The van der Waals surface area contributed by atoms with Crippen molar-refractivity contribution in [3.8, 4) is 29.4 Å². The number of hydrogen-bond acceptors (Lipinski definition) is 1. The maximum atomic E-state index is 14.3. The minimum Gasteiger partial charge on any atom is -0.491 e. The van der Waals surface area contributed by atoms with Gasteiger partial charge in [0.2, 0.25) is 11.6 Å². The van der Waals surface area contributed by atoms with Crippen LogP contribution in [0.2, 0.25) is 0 Å². The summed E-state index contributed by atoms with van der Waals surface area (Å²) in [6.45, 7) is 3.61. The van der Waals surface area contributed by atoms with E-state index in [2.05, 4.69) is 28.4 Å². The lowest BCUT2D eigenvalue weighted by molar-refractivity contribution is 0.331. The van der Waals surface area contributed by atoms with E-state index in [0.717, 1.165) is 20.0 Å². The number of aryl methyl sites for hydroxylation is 2. The van der Waals surface area contributed by atoms with Crippen molar-refractivity contribution in [2.75, 3.05) is 7.11 Å². The molecule has 180 valence electrons. The third-order valence-electron chi connectivity index (χ3n) is 5.23. The minimum atomic E-state index is -1.68. The van der Waals surface area contributed by atoms with E-state index in [4.69, 9.17) is 0 Å². The maximum absolute atomic E-state index is 14.3. The molecule has 0 saturated heterocycles. The Labute approximate surface area is 199 Å². The Morgan fingerprint density at radius 2 is 1.34 bits per heavy atom. The molecule has 35 heavy (non-hydrogen) atoms. The molecule has 0 heterocycles. The van der Waals surface area contributed by atoms with E-state index in [1.54, 1.807) is 13.0 Å². The maximum Gasteiger partial charge on any atom is 0.205 e. The second-order valence-corrected chi connectivity index (χ2v) is 7.73. The predicted octanol–water partition coefficient (Wildman–Crippen LogP) is 6.98. The largest absolute Gasteiger partial charge is 0.491 e. The molecule has 0 N–H and O–H groups in total. The van der Waals surface area contributed by atoms with Gasteiger partial charge in [0.1, 0.15) is 17.2 Å². The van der Waals surface area contributed by atoms with Gasteiger partial charge in [0.25, 0.3) is 0 Å². The Hall–Kier alpha value is -3.84. The van der Waals surface area contributed by atoms with Gasteiger partial charge in [-0.1, -0.05) is 37.0 Å². The highest BCUT2D eigenvalue weighted by atomic mass is 19.2. The van der Waals surface area contributed by atoms with Crippen LogP contribution in [0.15, 0.2) is 30.3 Å². The zero-order valence-corrected chi connectivity index (χ0v) is 19.2. The number of benzene rings is 3. The molecule has 0 spiro atoms. The van der Waals surface area contributed by atoms with E-state index in [1.165, 1.54) is 24.3 Å². The molecular formula is C28H20F6O. The first-order valence-electron chi connectivity index (χ1n) is 10.7. The van der Waals surface area contributed by atoms with Gasteiger partial charge >= 0.3 is 0 Å². The van der Waals surface area contributed by atoms with Crippen LogP contribution in [-0.2, 0) is 6.42 Å². The standard InChI is InChI=1S/C28H20F6O/c1-4-5-6-18-14-22(29)20(23(30)15-18)11-8-17-7-9-19(16(2)13-17)10-12-21-24(31)26(33)28(35-3)27(34)25(21)32/h7,9,13-15H,4-6H2,1-3H3. The summed E-state index contributed by atoms with van der Waals surface area (Å²) in [4.78, 5) is 0. The summed E-state index contributed by atoms with van der Waals surface area (Å²) in [5.41, 5.74) is 0.397. The van der Waals surface area contributed by atoms with E-state index >= 15 is 0 Å². The van der Waals surface area contributed by atoms with Crippen LogP contribution in [0.25, 0.3) is 0 Å². The number of rotatable bonds is 4. The van der Waals surface area contributed by atoms with Crippen LogP contribution in [0.5, 0.6) is 5.75 Å². The first kappa shape index (κ1) is 25.8. The summed E-state index contributed by atoms with van der Waals surface area (Å²) in [5.74, 6) is 0.392. The predicted molar refractivity (Wildman–Crippen MR) is 121 cm³/mol. The van der Waals surface area contributed by atoms with E-state index < -0.39 is 46.2 Å². The van der Waals surface area contributed by atoms with E-state index in [-0.39, 0.29) is 5.56 Å². The quantitative estimate of drug-likeness (QED) is 0.220. The number of methoxy groups -OCH3 is 1. The molecule has 3 aromatic carbocycles. The first-order valence-corrected chi connectivity index (χ1v) is 10.7. The molecular weight excluding hydrogens is 466 g/mol. The molecule has 0 unspecified atom stereocenters. The van der Waals surface area contributed by atoms with Gasteiger partial charge in [-0.15, -0.1) is 0 Å². The lowest BCUT2D eigenvalue weighted by Crippen LogP contribution is -2.04. The van der Waals surface area contributed by atoms with Gasteiger partial charge in [0, 0.05) is 11.1 Å². The van der Waals surface area contributed by atoms with Gasteiger partial charge in [0.05, 0.1) is 12.7 Å². The number of hydrogen-bond donors (Lipinski definition) is 0. The van der Waals surface area contributed by atoms with Crippen molar-refractivity contribution in [1.29, 1.82) is 0 Å². The van der Waals surface area contributed by atoms with Crippen molar-refractivity contribution in [2.45, 2.75) is 33.1 Å². The minimum absolute atomic E-state index is 0.309. The molecule has 7 heteroatoms.